The van der Waals surface area contributed by atoms with E-state index >= 15 is 0 Å². The maximum atomic E-state index is 13.1. The van der Waals surface area contributed by atoms with Gasteiger partial charge in [-0.05, 0) is 42.7 Å². The number of hydrogen-bond acceptors (Lipinski definition) is 5. The molecule has 0 radical (unpaired) electrons. The zero-order valence-corrected chi connectivity index (χ0v) is 18.2. The lowest BCUT2D eigenvalue weighted by molar-refractivity contribution is -0.138. The van der Waals surface area contributed by atoms with Crippen LogP contribution in [0.1, 0.15) is 41.8 Å². The number of nitrogens with zero attached hydrogens (tertiary/aromatic N) is 3. The normalized spacial score (nSPS) is 16.4. The number of nitrogens with one attached hydrogen (secondary N) is 1. The van der Waals surface area contributed by atoms with Crippen LogP contribution in [-0.2, 0) is 22.6 Å². The van der Waals surface area contributed by atoms with Gasteiger partial charge in [0.2, 0.25) is 5.91 Å². The van der Waals surface area contributed by atoms with Crippen molar-refractivity contribution in [2.45, 2.75) is 31.8 Å². The largest absolute Gasteiger partial charge is 0.445 e. The Balaban J connectivity index is 1.13. The molecule has 1 saturated heterocycles. The number of aromatic amines is 1. The third-order valence-electron chi connectivity index (χ3n) is 5.89. The average Bonchev–Trinajstić information content (AvgIpc) is 3.47. The number of aromatic nitrogens is 3. The van der Waals surface area contributed by atoms with Crippen LogP contribution in [0.2, 0.25) is 0 Å². The van der Waals surface area contributed by atoms with Crippen LogP contribution >= 0.6 is 0 Å². The molecule has 1 aliphatic heterocycles. The Labute approximate surface area is 190 Å². The van der Waals surface area contributed by atoms with E-state index < -0.39 is 0 Å². The molecule has 0 spiro atoms. The van der Waals surface area contributed by atoms with Crippen molar-refractivity contribution < 1.29 is 18.3 Å². The predicted molar refractivity (Wildman–Crippen MR) is 120 cm³/mol. The highest BCUT2D eigenvalue weighted by atomic mass is 19.1. The number of amides is 1. The van der Waals surface area contributed by atoms with Gasteiger partial charge in [-0.1, -0.05) is 24.3 Å². The Hall–Kier alpha value is -3.52. The van der Waals surface area contributed by atoms with E-state index in [1.165, 1.54) is 12.1 Å². The second-order valence-corrected chi connectivity index (χ2v) is 8.34. The van der Waals surface area contributed by atoms with Crippen LogP contribution in [0.5, 0.6) is 0 Å². The average molecular weight is 448 g/mol. The molecule has 1 N–H and O–H groups in total. The maximum absolute atomic E-state index is 13.1. The van der Waals surface area contributed by atoms with Gasteiger partial charge in [-0.15, -0.1) is 0 Å². The molecule has 170 valence electrons. The van der Waals surface area contributed by atoms with Gasteiger partial charge in [0.05, 0.1) is 23.1 Å². The van der Waals surface area contributed by atoms with Gasteiger partial charge in [-0.3, -0.25) is 4.79 Å². The number of piperidine rings is 1. The number of hydrogen-bond donors (Lipinski definition) is 1. The van der Waals surface area contributed by atoms with Crippen molar-refractivity contribution in [1.29, 1.82) is 0 Å². The van der Waals surface area contributed by atoms with E-state index in [9.17, 15) is 9.18 Å². The SMILES string of the molecule is O=C(COCc1nc2ccccc2[nH]1)N1CCCC(c2ncc(Cc3ccc(F)cc3)o2)C1. The molecular formula is C25H25FN4O3. The van der Waals surface area contributed by atoms with Crippen LogP contribution in [0.3, 0.4) is 0 Å². The molecule has 2 aromatic carbocycles. The monoisotopic (exact) mass is 448 g/mol. The summed E-state index contributed by atoms with van der Waals surface area (Å²) >= 11 is 0. The van der Waals surface area contributed by atoms with Crippen LogP contribution in [0, 0.1) is 5.82 Å². The Bertz CT molecular complexity index is 1200. The molecule has 7 nitrogen and oxygen atoms in total. The summed E-state index contributed by atoms with van der Waals surface area (Å²) in [5.74, 6) is 1.83. The molecule has 0 bridgehead atoms. The first-order chi connectivity index (χ1) is 16.1. The summed E-state index contributed by atoms with van der Waals surface area (Å²) in [4.78, 5) is 26.6. The Kier molecular flexibility index (Phi) is 6.17. The third kappa shape index (κ3) is 5.12. The minimum Gasteiger partial charge on any atom is -0.445 e. The van der Waals surface area contributed by atoms with Crippen LogP contribution in [0.4, 0.5) is 4.39 Å². The first kappa shape index (κ1) is 21.3. The summed E-state index contributed by atoms with van der Waals surface area (Å²) in [5, 5.41) is 0. The number of benzene rings is 2. The minimum absolute atomic E-state index is 0.00512. The molecule has 0 aliphatic carbocycles. The molecule has 1 fully saturated rings. The summed E-state index contributed by atoms with van der Waals surface area (Å²) in [6.45, 7) is 1.52. The molecule has 5 rings (SSSR count). The molecule has 1 atom stereocenters. The first-order valence-electron chi connectivity index (χ1n) is 11.1. The summed E-state index contributed by atoms with van der Waals surface area (Å²) in [6.07, 6.45) is 4.07. The number of halogens is 1. The van der Waals surface area contributed by atoms with Crippen molar-refractivity contribution >= 4 is 16.9 Å². The lowest BCUT2D eigenvalue weighted by Gasteiger charge is -2.31. The zero-order valence-electron chi connectivity index (χ0n) is 18.2. The zero-order chi connectivity index (χ0) is 22.6. The second-order valence-electron chi connectivity index (χ2n) is 8.34. The number of likely N-dealkylation sites (tertiary alicyclic amines) is 1. The number of rotatable bonds is 7. The van der Waals surface area contributed by atoms with Crippen molar-refractivity contribution in [3.8, 4) is 0 Å². The highest BCUT2D eigenvalue weighted by Crippen LogP contribution is 2.27. The molecule has 3 heterocycles. The number of para-hydroxylation sites is 2. The number of oxazole rings is 1. The summed E-state index contributed by atoms with van der Waals surface area (Å²) in [5.41, 5.74) is 2.79. The molecule has 0 saturated carbocycles. The van der Waals surface area contributed by atoms with Gasteiger partial charge < -0.3 is 19.0 Å². The third-order valence-corrected chi connectivity index (χ3v) is 5.89. The number of imidazole rings is 1. The summed E-state index contributed by atoms with van der Waals surface area (Å²) in [7, 11) is 0. The van der Waals surface area contributed by atoms with Crippen molar-refractivity contribution in [3.63, 3.8) is 0 Å². The molecule has 33 heavy (non-hydrogen) atoms. The number of carbonyl (C=O) groups is 1. The van der Waals surface area contributed by atoms with Crippen LogP contribution in [-0.4, -0.2) is 45.5 Å². The maximum Gasteiger partial charge on any atom is 0.248 e. The molecule has 1 unspecified atom stereocenters. The Morgan fingerprint density at radius 3 is 2.91 bits per heavy atom. The highest BCUT2D eigenvalue weighted by molar-refractivity contribution is 5.77. The Morgan fingerprint density at radius 1 is 1.21 bits per heavy atom. The lowest BCUT2D eigenvalue weighted by Crippen LogP contribution is -2.41. The fourth-order valence-corrected chi connectivity index (χ4v) is 4.20. The topological polar surface area (TPSA) is 84.2 Å². The summed E-state index contributed by atoms with van der Waals surface area (Å²) in [6, 6.07) is 14.1. The van der Waals surface area contributed by atoms with E-state index in [0.717, 1.165) is 35.2 Å². The van der Waals surface area contributed by atoms with E-state index in [4.69, 9.17) is 9.15 Å². The van der Waals surface area contributed by atoms with Gasteiger partial charge in [-0.25, -0.2) is 14.4 Å². The molecular weight excluding hydrogens is 423 g/mol. The van der Waals surface area contributed by atoms with Crippen molar-refractivity contribution in [2.24, 2.45) is 0 Å². The van der Waals surface area contributed by atoms with E-state index in [1.54, 1.807) is 18.3 Å². The van der Waals surface area contributed by atoms with Crippen molar-refractivity contribution in [1.82, 2.24) is 19.9 Å². The van der Waals surface area contributed by atoms with Gasteiger partial charge in [0.25, 0.3) is 0 Å². The van der Waals surface area contributed by atoms with Gasteiger partial charge in [0.1, 0.15) is 30.6 Å². The number of H-pyrrole nitrogens is 1. The fraction of sp³-hybridized carbons (Fsp3) is 0.320. The minimum atomic E-state index is -0.259. The van der Waals surface area contributed by atoms with Crippen molar-refractivity contribution in [2.75, 3.05) is 19.7 Å². The van der Waals surface area contributed by atoms with E-state index in [-0.39, 0.29) is 30.9 Å². The molecule has 8 heteroatoms. The quantitative estimate of drug-likeness (QED) is 0.458. The van der Waals surface area contributed by atoms with E-state index in [2.05, 4.69) is 15.0 Å². The highest BCUT2D eigenvalue weighted by Gasteiger charge is 2.28. The van der Waals surface area contributed by atoms with Gasteiger partial charge >= 0.3 is 0 Å². The van der Waals surface area contributed by atoms with Crippen LogP contribution < -0.4 is 0 Å². The van der Waals surface area contributed by atoms with E-state index in [1.807, 2.05) is 29.2 Å². The van der Waals surface area contributed by atoms with E-state index in [0.29, 0.717) is 31.2 Å². The predicted octanol–water partition coefficient (Wildman–Crippen LogP) is 4.20. The molecule has 2 aromatic heterocycles. The van der Waals surface area contributed by atoms with Gasteiger partial charge in [0, 0.05) is 19.5 Å². The lowest BCUT2D eigenvalue weighted by atomic mass is 9.98. The van der Waals surface area contributed by atoms with Gasteiger partial charge in [-0.2, -0.15) is 0 Å². The molecule has 1 amide bonds. The second kappa shape index (κ2) is 9.54. The first-order valence-corrected chi connectivity index (χ1v) is 11.1. The molecule has 4 aromatic rings. The molecule has 1 aliphatic rings. The van der Waals surface area contributed by atoms with Gasteiger partial charge in [0.15, 0.2) is 5.89 Å². The summed E-state index contributed by atoms with van der Waals surface area (Å²) < 4.78 is 24.7. The smallest absolute Gasteiger partial charge is 0.248 e. The number of carbonyl (C=O) groups excluding carboxylic acids is 1. The van der Waals surface area contributed by atoms with Crippen molar-refractivity contribution in [3.05, 3.63) is 83.6 Å². The van der Waals surface area contributed by atoms with Crippen LogP contribution in [0.25, 0.3) is 11.0 Å². The fourth-order valence-electron chi connectivity index (χ4n) is 4.20. The number of ether oxygens (including phenoxy) is 1. The van der Waals surface area contributed by atoms with Crippen LogP contribution in [0.15, 0.2) is 59.1 Å². The number of fused-ring (bicyclic) bond motifs is 1. The Morgan fingerprint density at radius 2 is 2.06 bits per heavy atom. The standard InChI is InChI=1S/C25H25FN4O3/c26-19-9-7-17(8-10-19)12-20-13-27-25(33-20)18-4-3-11-30(14-18)24(31)16-32-15-23-28-21-5-1-2-6-22(21)29-23/h1-2,5-10,13,18H,3-4,11-12,14-16H2,(H,28,29).